The maximum absolute atomic E-state index is 14.1. The first-order valence-electron chi connectivity index (χ1n) is 13.8. The average molecular weight is 648 g/mol. The molecule has 0 spiro atoms. The van der Waals surface area contributed by atoms with E-state index in [1.807, 2.05) is 85.8 Å². The van der Waals surface area contributed by atoms with Crippen LogP contribution in [0.5, 0.6) is 11.5 Å². The fourth-order valence-electron chi connectivity index (χ4n) is 4.92. The third-order valence-corrected chi connectivity index (χ3v) is 8.26. The molecule has 1 aromatic heterocycles. The van der Waals surface area contributed by atoms with Crippen molar-refractivity contribution in [1.29, 1.82) is 0 Å². The first-order valence-corrected chi connectivity index (χ1v) is 15.4. The van der Waals surface area contributed by atoms with Gasteiger partial charge in [-0.2, -0.15) is 0 Å². The summed E-state index contributed by atoms with van der Waals surface area (Å²) in [7, 11) is 1.57. The SMILES string of the molecule is CCCC1=C(C(=O)OCC)[C@H](c2cc(Br)ccc2OC)n2c(s/c(=C/c3cccc(OCc4ccccc4)c3)c2=O)=N1. The first-order chi connectivity index (χ1) is 20.4. The van der Waals surface area contributed by atoms with Gasteiger partial charge in [-0.3, -0.25) is 9.36 Å². The molecule has 7 nitrogen and oxygen atoms in total. The zero-order valence-electron chi connectivity index (χ0n) is 23.6. The molecule has 9 heteroatoms. The van der Waals surface area contributed by atoms with E-state index in [2.05, 4.69) is 15.9 Å². The van der Waals surface area contributed by atoms with Crippen molar-refractivity contribution in [1.82, 2.24) is 4.57 Å². The van der Waals surface area contributed by atoms with Crippen molar-refractivity contribution in [3.63, 3.8) is 0 Å². The molecule has 4 aromatic rings. The fraction of sp³-hybridized carbons (Fsp3) is 0.242. The molecule has 0 radical (unpaired) electrons. The van der Waals surface area contributed by atoms with Crippen LogP contribution in [0.15, 0.2) is 98.3 Å². The second-order valence-electron chi connectivity index (χ2n) is 9.65. The Hall–Kier alpha value is -3.95. The van der Waals surface area contributed by atoms with Gasteiger partial charge in [0.15, 0.2) is 4.80 Å². The highest BCUT2D eigenvalue weighted by molar-refractivity contribution is 9.10. The van der Waals surface area contributed by atoms with E-state index >= 15 is 0 Å². The van der Waals surface area contributed by atoms with E-state index in [1.54, 1.807) is 18.6 Å². The number of esters is 1. The van der Waals surface area contributed by atoms with Crippen LogP contribution < -0.4 is 24.4 Å². The second kappa shape index (κ2) is 13.4. The normalized spacial score (nSPS) is 14.8. The van der Waals surface area contributed by atoms with Gasteiger partial charge in [-0.15, -0.1) is 0 Å². The van der Waals surface area contributed by atoms with Crippen LogP contribution in [0, 0.1) is 0 Å². The number of thiazole rings is 1. The summed E-state index contributed by atoms with van der Waals surface area (Å²) in [5.74, 6) is 0.766. The number of rotatable bonds is 10. The van der Waals surface area contributed by atoms with Crippen LogP contribution in [0.3, 0.4) is 0 Å². The van der Waals surface area contributed by atoms with E-state index < -0.39 is 12.0 Å². The van der Waals surface area contributed by atoms with Crippen LogP contribution in [0.25, 0.3) is 6.08 Å². The van der Waals surface area contributed by atoms with Gasteiger partial charge in [0.2, 0.25) is 0 Å². The maximum atomic E-state index is 14.1. The van der Waals surface area contributed by atoms with Gasteiger partial charge in [-0.1, -0.05) is 83.1 Å². The molecule has 5 rings (SSSR count). The summed E-state index contributed by atoms with van der Waals surface area (Å²) in [6.45, 7) is 4.44. The Kier molecular flexibility index (Phi) is 9.39. The minimum Gasteiger partial charge on any atom is -0.496 e. The molecule has 2 heterocycles. The molecule has 42 heavy (non-hydrogen) atoms. The minimum atomic E-state index is -0.767. The molecule has 0 aliphatic carbocycles. The molecule has 1 aliphatic rings. The van der Waals surface area contributed by atoms with Gasteiger partial charge in [0.25, 0.3) is 5.56 Å². The molecule has 0 saturated carbocycles. The average Bonchev–Trinajstić information content (AvgIpc) is 3.30. The number of nitrogens with zero attached hydrogens (tertiary/aromatic N) is 2. The zero-order valence-corrected chi connectivity index (χ0v) is 26.0. The Morgan fingerprint density at radius 3 is 2.62 bits per heavy atom. The second-order valence-corrected chi connectivity index (χ2v) is 11.6. The smallest absolute Gasteiger partial charge is 0.338 e. The van der Waals surface area contributed by atoms with Gasteiger partial charge in [0.1, 0.15) is 24.1 Å². The highest BCUT2D eigenvalue weighted by Crippen LogP contribution is 2.38. The number of aromatic nitrogens is 1. The van der Waals surface area contributed by atoms with Gasteiger partial charge in [0.05, 0.1) is 29.5 Å². The number of carbonyl (C=O) groups is 1. The van der Waals surface area contributed by atoms with Crippen LogP contribution in [0.2, 0.25) is 0 Å². The summed E-state index contributed by atoms with van der Waals surface area (Å²) in [6, 6.07) is 22.4. The molecular weight excluding hydrogens is 616 g/mol. The Bertz CT molecular complexity index is 1810. The number of benzene rings is 3. The van der Waals surface area contributed by atoms with Gasteiger partial charge in [0, 0.05) is 10.0 Å². The van der Waals surface area contributed by atoms with Crippen LogP contribution in [0.1, 0.15) is 49.4 Å². The van der Waals surface area contributed by atoms with Gasteiger partial charge < -0.3 is 14.2 Å². The Morgan fingerprint density at radius 2 is 1.88 bits per heavy atom. The summed E-state index contributed by atoms with van der Waals surface area (Å²) in [4.78, 5) is 32.9. The molecule has 0 fully saturated rings. The fourth-order valence-corrected chi connectivity index (χ4v) is 6.32. The number of carbonyl (C=O) groups excluding carboxylic acids is 1. The van der Waals surface area contributed by atoms with Crippen molar-refractivity contribution in [2.75, 3.05) is 13.7 Å². The number of ether oxygens (including phenoxy) is 3. The third-order valence-electron chi connectivity index (χ3n) is 6.78. The Balaban J connectivity index is 1.64. The summed E-state index contributed by atoms with van der Waals surface area (Å²) in [5.41, 5.74) is 3.28. The van der Waals surface area contributed by atoms with E-state index in [0.29, 0.717) is 50.7 Å². The van der Waals surface area contributed by atoms with Crippen molar-refractivity contribution < 1.29 is 19.0 Å². The number of hydrogen-bond donors (Lipinski definition) is 0. The van der Waals surface area contributed by atoms with E-state index in [-0.39, 0.29) is 12.2 Å². The van der Waals surface area contributed by atoms with Gasteiger partial charge in [-0.05, 0) is 60.9 Å². The van der Waals surface area contributed by atoms with E-state index in [9.17, 15) is 9.59 Å². The predicted octanol–water partition coefficient (Wildman–Crippen LogP) is 5.93. The molecule has 3 aromatic carbocycles. The topological polar surface area (TPSA) is 79.1 Å². The Morgan fingerprint density at radius 1 is 1.07 bits per heavy atom. The highest BCUT2D eigenvalue weighted by atomic mass is 79.9. The monoisotopic (exact) mass is 646 g/mol. The van der Waals surface area contributed by atoms with Crippen LogP contribution in [-0.2, 0) is 16.1 Å². The number of methoxy groups -OCH3 is 1. The molecular formula is C33H31BrN2O5S. The molecule has 0 saturated heterocycles. The van der Waals surface area contributed by atoms with Gasteiger partial charge in [-0.25, -0.2) is 9.79 Å². The largest absolute Gasteiger partial charge is 0.496 e. The van der Waals surface area contributed by atoms with Crippen molar-refractivity contribution in [2.45, 2.75) is 39.3 Å². The minimum absolute atomic E-state index is 0.206. The van der Waals surface area contributed by atoms with Gasteiger partial charge >= 0.3 is 5.97 Å². The number of hydrogen-bond acceptors (Lipinski definition) is 7. The molecule has 1 atom stereocenters. The lowest BCUT2D eigenvalue weighted by molar-refractivity contribution is -0.139. The van der Waals surface area contributed by atoms with Crippen molar-refractivity contribution in [3.05, 3.63) is 125 Å². The summed E-state index contributed by atoms with van der Waals surface area (Å²) >= 11 is 4.85. The lowest BCUT2D eigenvalue weighted by atomic mass is 9.93. The number of halogens is 1. The van der Waals surface area contributed by atoms with E-state index in [1.165, 1.54) is 11.3 Å². The molecule has 0 unspecified atom stereocenters. The number of fused-ring (bicyclic) bond motifs is 1. The highest BCUT2D eigenvalue weighted by Gasteiger charge is 2.36. The summed E-state index contributed by atoms with van der Waals surface area (Å²) in [5, 5.41) is 0. The molecule has 1 aliphatic heterocycles. The van der Waals surface area contributed by atoms with Crippen molar-refractivity contribution in [2.24, 2.45) is 4.99 Å². The van der Waals surface area contributed by atoms with Crippen LogP contribution in [-0.4, -0.2) is 24.3 Å². The summed E-state index contributed by atoms with van der Waals surface area (Å²) in [6.07, 6.45) is 3.17. The predicted molar refractivity (Wildman–Crippen MR) is 168 cm³/mol. The van der Waals surface area contributed by atoms with Crippen LogP contribution >= 0.6 is 27.3 Å². The molecule has 0 bridgehead atoms. The third kappa shape index (κ3) is 6.27. The first kappa shape index (κ1) is 29.5. The lowest BCUT2D eigenvalue weighted by Crippen LogP contribution is -2.40. The quantitative estimate of drug-likeness (QED) is 0.200. The standard InChI is InChI=1S/C33H31BrN2O5S/c1-4-10-26-29(32(38)40-5-2)30(25-19-23(34)15-16-27(25)39-3)36-31(37)28(42-33(36)35-26)18-22-13-9-14-24(17-22)41-20-21-11-7-6-8-12-21/h6-9,11-19,30H,4-5,10,20H2,1-3H3/b28-18+/t30-/m0/s1. The molecule has 216 valence electrons. The summed E-state index contributed by atoms with van der Waals surface area (Å²) < 4.78 is 20.1. The van der Waals surface area contributed by atoms with E-state index in [0.717, 1.165) is 22.0 Å². The molecule has 0 amide bonds. The Labute approximate surface area is 256 Å². The van der Waals surface area contributed by atoms with Crippen molar-refractivity contribution in [3.8, 4) is 11.5 Å². The van der Waals surface area contributed by atoms with E-state index in [4.69, 9.17) is 19.2 Å². The number of allylic oxidation sites excluding steroid dienone is 1. The van der Waals surface area contributed by atoms with Crippen molar-refractivity contribution >= 4 is 39.3 Å². The van der Waals surface area contributed by atoms with Crippen LogP contribution in [0.4, 0.5) is 0 Å². The lowest BCUT2D eigenvalue weighted by Gasteiger charge is -2.27. The maximum Gasteiger partial charge on any atom is 0.338 e. The molecule has 0 N–H and O–H groups in total. The zero-order chi connectivity index (χ0) is 29.6.